The number of fused-ring (bicyclic) bond motifs is 1. The number of phenolic OH excluding ortho intramolecular Hbond substituents is 1. The summed E-state index contributed by atoms with van der Waals surface area (Å²) in [5.74, 6) is -0.557. The van der Waals surface area contributed by atoms with Gasteiger partial charge in [-0.25, -0.2) is 14.8 Å². The second-order valence-corrected chi connectivity index (χ2v) is 6.76. The van der Waals surface area contributed by atoms with Gasteiger partial charge in [0, 0.05) is 10.9 Å². The van der Waals surface area contributed by atoms with Gasteiger partial charge < -0.3 is 5.11 Å². The van der Waals surface area contributed by atoms with E-state index in [0.29, 0.717) is 33.4 Å². The van der Waals surface area contributed by atoms with Crippen molar-refractivity contribution in [1.82, 2.24) is 10.4 Å². The molecule has 4 aromatic rings. The zero-order valence-corrected chi connectivity index (χ0v) is 16.1. The quantitative estimate of drug-likeness (QED) is 0.379. The first-order valence-corrected chi connectivity index (χ1v) is 9.31. The average molecular weight is 399 g/mol. The van der Waals surface area contributed by atoms with E-state index in [1.807, 2.05) is 24.3 Å². The van der Waals surface area contributed by atoms with Crippen LogP contribution in [-0.2, 0) is 0 Å². The molecule has 0 aliphatic rings. The molecule has 148 valence electrons. The number of pyridine rings is 1. The van der Waals surface area contributed by atoms with Crippen molar-refractivity contribution in [2.45, 2.75) is 6.92 Å². The number of nitrogens with zero attached hydrogens (tertiary/aromatic N) is 2. The van der Waals surface area contributed by atoms with Crippen LogP contribution in [0.15, 0.2) is 84.0 Å². The predicted molar refractivity (Wildman–Crippen MR) is 115 cm³/mol. The molecule has 0 aliphatic carbocycles. The van der Waals surface area contributed by atoms with Gasteiger partial charge in [0.2, 0.25) is 0 Å². The molecule has 1 amide bonds. The average Bonchev–Trinajstić information content (AvgIpc) is 2.77. The maximum atomic E-state index is 13.3. The number of phenols is 1. The third-order valence-corrected chi connectivity index (χ3v) is 4.71. The highest BCUT2D eigenvalue weighted by atomic mass is 19.1. The summed E-state index contributed by atoms with van der Waals surface area (Å²) in [6.07, 6.45) is 0. The third kappa shape index (κ3) is 4.03. The fourth-order valence-electron chi connectivity index (χ4n) is 3.09. The first kappa shape index (κ1) is 19.3. The molecular formula is C24H18FN3O2. The first-order chi connectivity index (χ1) is 14.5. The van der Waals surface area contributed by atoms with Crippen LogP contribution in [0.5, 0.6) is 5.75 Å². The summed E-state index contributed by atoms with van der Waals surface area (Å²) in [6, 6.07) is 21.5. The lowest BCUT2D eigenvalue weighted by atomic mass is 10.0. The number of para-hydroxylation sites is 1. The van der Waals surface area contributed by atoms with Gasteiger partial charge in [0.05, 0.1) is 22.5 Å². The van der Waals surface area contributed by atoms with E-state index in [1.165, 1.54) is 12.1 Å². The van der Waals surface area contributed by atoms with Crippen LogP contribution in [0, 0.1) is 5.82 Å². The normalized spacial score (nSPS) is 11.5. The minimum absolute atomic E-state index is 0.159. The van der Waals surface area contributed by atoms with Gasteiger partial charge >= 0.3 is 0 Å². The maximum absolute atomic E-state index is 13.3. The van der Waals surface area contributed by atoms with Crippen molar-refractivity contribution in [3.05, 3.63) is 95.8 Å². The highest BCUT2D eigenvalue weighted by Crippen LogP contribution is 2.25. The lowest BCUT2D eigenvalue weighted by Crippen LogP contribution is -2.20. The van der Waals surface area contributed by atoms with Crippen LogP contribution >= 0.6 is 0 Å². The first-order valence-electron chi connectivity index (χ1n) is 9.31. The van der Waals surface area contributed by atoms with E-state index < -0.39 is 0 Å². The highest BCUT2D eigenvalue weighted by molar-refractivity contribution is 6.08. The second-order valence-electron chi connectivity index (χ2n) is 6.76. The number of hydrogen-bond acceptors (Lipinski definition) is 4. The number of aromatic nitrogens is 1. The van der Waals surface area contributed by atoms with Crippen molar-refractivity contribution in [2.24, 2.45) is 5.10 Å². The summed E-state index contributed by atoms with van der Waals surface area (Å²) in [5, 5.41) is 14.3. The number of amides is 1. The van der Waals surface area contributed by atoms with Crippen LogP contribution in [0.3, 0.4) is 0 Å². The van der Waals surface area contributed by atoms with Gasteiger partial charge in [0.15, 0.2) is 0 Å². The lowest BCUT2D eigenvalue weighted by Gasteiger charge is -2.09. The summed E-state index contributed by atoms with van der Waals surface area (Å²) in [7, 11) is 0. The van der Waals surface area contributed by atoms with E-state index in [-0.39, 0.29) is 17.5 Å². The Labute approximate surface area is 172 Å². The van der Waals surface area contributed by atoms with Crippen molar-refractivity contribution >= 4 is 22.5 Å². The molecule has 0 bridgehead atoms. The van der Waals surface area contributed by atoms with E-state index in [2.05, 4.69) is 15.5 Å². The maximum Gasteiger partial charge on any atom is 0.272 e. The Morgan fingerprint density at radius 1 is 1.00 bits per heavy atom. The van der Waals surface area contributed by atoms with Crippen LogP contribution in [0.2, 0.25) is 0 Å². The fraction of sp³-hybridized carbons (Fsp3) is 0.0417. The number of halogens is 1. The molecule has 0 atom stereocenters. The molecule has 5 nitrogen and oxygen atoms in total. The molecule has 0 fully saturated rings. The Kier molecular flexibility index (Phi) is 5.22. The van der Waals surface area contributed by atoms with Crippen LogP contribution in [0.4, 0.5) is 4.39 Å². The minimum atomic E-state index is -0.380. The Morgan fingerprint density at radius 3 is 2.43 bits per heavy atom. The van der Waals surface area contributed by atoms with Gasteiger partial charge in [-0.1, -0.05) is 18.2 Å². The largest absolute Gasteiger partial charge is 0.508 e. The zero-order valence-electron chi connectivity index (χ0n) is 16.1. The number of aromatic hydroxyl groups is 1. The van der Waals surface area contributed by atoms with Gasteiger partial charge in [0.1, 0.15) is 11.6 Å². The fourth-order valence-corrected chi connectivity index (χ4v) is 3.09. The van der Waals surface area contributed by atoms with Crippen molar-refractivity contribution in [3.8, 4) is 17.0 Å². The topological polar surface area (TPSA) is 74.6 Å². The Hall–Kier alpha value is -4.06. The van der Waals surface area contributed by atoms with Gasteiger partial charge in [-0.3, -0.25) is 4.79 Å². The highest BCUT2D eigenvalue weighted by Gasteiger charge is 2.14. The molecule has 0 saturated heterocycles. The SMILES string of the molecule is C/C(=N\NC(=O)c1cc(-c2ccc(F)cc2)nc2ccccc12)c1ccc(O)cc1. The van der Waals surface area contributed by atoms with E-state index in [1.54, 1.807) is 49.4 Å². The van der Waals surface area contributed by atoms with E-state index in [0.717, 1.165) is 5.56 Å². The molecule has 3 aromatic carbocycles. The zero-order chi connectivity index (χ0) is 21.1. The van der Waals surface area contributed by atoms with Crippen LogP contribution in [0.1, 0.15) is 22.8 Å². The van der Waals surface area contributed by atoms with Crippen molar-refractivity contribution in [1.29, 1.82) is 0 Å². The summed E-state index contributed by atoms with van der Waals surface area (Å²) in [5.41, 5.74) is 6.32. The number of benzene rings is 3. The molecular weight excluding hydrogens is 381 g/mol. The van der Waals surface area contributed by atoms with Crippen LogP contribution < -0.4 is 5.43 Å². The minimum Gasteiger partial charge on any atom is -0.508 e. The number of rotatable bonds is 4. The van der Waals surface area contributed by atoms with E-state index >= 15 is 0 Å². The standard InChI is InChI=1S/C24H18FN3O2/c1-15(16-8-12-19(29)13-9-16)27-28-24(30)21-14-23(17-6-10-18(25)11-7-17)26-22-5-3-2-4-20(21)22/h2-14,29H,1H3,(H,28,30)/b27-15+. The van der Waals surface area contributed by atoms with Gasteiger partial charge in [-0.2, -0.15) is 5.10 Å². The lowest BCUT2D eigenvalue weighted by molar-refractivity contribution is 0.0956. The van der Waals surface area contributed by atoms with Gasteiger partial charge in [0.25, 0.3) is 5.91 Å². The van der Waals surface area contributed by atoms with Gasteiger partial charge in [-0.15, -0.1) is 0 Å². The molecule has 0 unspecified atom stereocenters. The summed E-state index contributed by atoms with van der Waals surface area (Å²) in [4.78, 5) is 17.5. The number of carbonyl (C=O) groups excluding carboxylic acids is 1. The molecule has 0 saturated carbocycles. The Morgan fingerprint density at radius 2 is 1.70 bits per heavy atom. The molecule has 0 aliphatic heterocycles. The predicted octanol–water partition coefficient (Wildman–Crippen LogP) is 4.90. The molecule has 4 rings (SSSR count). The van der Waals surface area contributed by atoms with Crippen molar-refractivity contribution < 1.29 is 14.3 Å². The Bertz CT molecular complexity index is 1250. The van der Waals surface area contributed by atoms with Crippen LogP contribution in [0.25, 0.3) is 22.2 Å². The summed E-state index contributed by atoms with van der Waals surface area (Å²) >= 11 is 0. The molecule has 2 N–H and O–H groups in total. The molecule has 1 heterocycles. The van der Waals surface area contributed by atoms with E-state index in [4.69, 9.17) is 0 Å². The number of hydrazone groups is 1. The van der Waals surface area contributed by atoms with Crippen molar-refractivity contribution in [3.63, 3.8) is 0 Å². The number of carbonyl (C=O) groups is 1. The molecule has 6 heteroatoms. The number of hydrogen-bond donors (Lipinski definition) is 2. The smallest absolute Gasteiger partial charge is 0.272 e. The molecule has 30 heavy (non-hydrogen) atoms. The van der Waals surface area contributed by atoms with Crippen molar-refractivity contribution in [2.75, 3.05) is 0 Å². The van der Waals surface area contributed by atoms with Crippen LogP contribution in [-0.4, -0.2) is 21.7 Å². The molecule has 1 aromatic heterocycles. The number of nitrogens with one attached hydrogen (secondary N) is 1. The Balaban J connectivity index is 1.70. The monoisotopic (exact) mass is 399 g/mol. The summed E-state index contributed by atoms with van der Waals surface area (Å²) < 4.78 is 13.3. The molecule has 0 spiro atoms. The van der Waals surface area contributed by atoms with E-state index in [9.17, 15) is 14.3 Å². The third-order valence-electron chi connectivity index (χ3n) is 4.71. The van der Waals surface area contributed by atoms with Gasteiger partial charge in [-0.05, 0) is 73.2 Å². The summed E-state index contributed by atoms with van der Waals surface area (Å²) in [6.45, 7) is 1.77. The second kappa shape index (κ2) is 8.13. The molecule has 0 radical (unpaired) electrons.